The molecular formula is C16H11FN2O5S. The van der Waals surface area contributed by atoms with Crippen LogP contribution in [-0.4, -0.2) is 23.5 Å². The van der Waals surface area contributed by atoms with Crippen LogP contribution in [0.3, 0.4) is 0 Å². The molecule has 0 fully saturated rings. The lowest BCUT2D eigenvalue weighted by molar-refractivity contribution is 0.0520. The lowest BCUT2D eigenvalue weighted by Gasteiger charge is -2.02. The third kappa shape index (κ3) is 3.56. The first kappa shape index (κ1) is 16.8. The maximum absolute atomic E-state index is 13.3. The van der Waals surface area contributed by atoms with Gasteiger partial charge in [0.2, 0.25) is 0 Å². The van der Waals surface area contributed by atoms with Crippen LogP contribution < -0.4 is 10.9 Å². The van der Waals surface area contributed by atoms with E-state index in [2.05, 4.69) is 10.3 Å². The van der Waals surface area contributed by atoms with Gasteiger partial charge in [-0.15, -0.1) is 11.3 Å². The summed E-state index contributed by atoms with van der Waals surface area (Å²) in [6, 6.07) is 4.80. The number of rotatable bonds is 4. The predicted octanol–water partition coefficient (Wildman–Crippen LogP) is 2.82. The van der Waals surface area contributed by atoms with Gasteiger partial charge in [0.1, 0.15) is 5.82 Å². The number of amides is 1. The first-order chi connectivity index (χ1) is 12.0. The average Bonchev–Trinajstić information content (AvgIpc) is 3.03. The molecule has 0 unspecified atom stereocenters. The average molecular weight is 362 g/mol. The second-order valence-electron chi connectivity index (χ2n) is 4.84. The highest BCUT2D eigenvalue weighted by Gasteiger charge is 2.16. The molecule has 2 aromatic heterocycles. The molecule has 0 aliphatic rings. The van der Waals surface area contributed by atoms with Crippen molar-refractivity contribution < 1.29 is 23.1 Å². The van der Waals surface area contributed by atoms with Crippen LogP contribution in [0.25, 0.3) is 10.8 Å². The Morgan fingerprint density at radius 1 is 1.36 bits per heavy atom. The molecule has 1 amide bonds. The second-order valence-corrected chi connectivity index (χ2v) is 5.70. The fourth-order valence-electron chi connectivity index (χ4n) is 2.06. The van der Waals surface area contributed by atoms with Crippen molar-refractivity contribution in [1.82, 2.24) is 4.98 Å². The van der Waals surface area contributed by atoms with E-state index in [9.17, 15) is 18.8 Å². The Labute approximate surface area is 144 Å². The van der Waals surface area contributed by atoms with Crippen LogP contribution in [0, 0.1) is 5.82 Å². The van der Waals surface area contributed by atoms with Gasteiger partial charge in [-0.3, -0.25) is 10.1 Å². The van der Waals surface area contributed by atoms with Crippen molar-refractivity contribution in [3.05, 3.63) is 57.3 Å². The largest absolute Gasteiger partial charge is 0.461 e. The minimum Gasteiger partial charge on any atom is -0.461 e. The maximum atomic E-state index is 13.3. The fourth-order valence-corrected chi connectivity index (χ4v) is 2.74. The van der Waals surface area contributed by atoms with Gasteiger partial charge in [-0.1, -0.05) is 0 Å². The van der Waals surface area contributed by atoms with E-state index in [0.29, 0.717) is 0 Å². The van der Waals surface area contributed by atoms with Crippen LogP contribution >= 0.6 is 11.3 Å². The van der Waals surface area contributed by atoms with Gasteiger partial charge in [0.25, 0.3) is 5.91 Å². The number of hydrogen-bond donors (Lipinski definition) is 1. The van der Waals surface area contributed by atoms with Gasteiger partial charge in [-0.05, 0) is 36.6 Å². The fraction of sp³-hybridized carbons (Fsp3) is 0.125. The summed E-state index contributed by atoms with van der Waals surface area (Å²) in [6.45, 7) is 1.87. The van der Waals surface area contributed by atoms with Crippen molar-refractivity contribution in [1.29, 1.82) is 0 Å². The summed E-state index contributed by atoms with van der Waals surface area (Å²) in [6.07, 6.45) is 0. The molecule has 3 rings (SSSR count). The topological polar surface area (TPSA) is 98.5 Å². The van der Waals surface area contributed by atoms with E-state index >= 15 is 0 Å². The molecule has 1 aromatic carbocycles. The lowest BCUT2D eigenvalue weighted by Crippen LogP contribution is -2.15. The number of aromatic nitrogens is 1. The molecule has 0 aliphatic carbocycles. The predicted molar refractivity (Wildman–Crippen MR) is 88.5 cm³/mol. The molecule has 7 nitrogen and oxygen atoms in total. The van der Waals surface area contributed by atoms with E-state index in [1.54, 1.807) is 6.92 Å². The summed E-state index contributed by atoms with van der Waals surface area (Å²) in [5.41, 5.74) is -0.696. The Balaban J connectivity index is 1.85. The Morgan fingerprint density at radius 3 is 2.92 bits per heavy atom. The number of carbonyl (C=O) groups is 2. The molecule has 0 saturated carbocycles. The smallest absolute Gasteiger partial charge is 0.357 e. The summed E-state index contributed by atoms with van der Waals surface area (Å²) in [4.78, 5) is 39.6. The van der Waals surface area contributed by atoms with E-state index in [-0.39, 0.29) is 34.0 Å². The molecule has 0 bridgehead atoms. The highest BCUT2D eigenvalue weighted by Crippen LogP contribution is 2.19. The third-order valence-corrected chi connectivity index (χ3v) is 3.91. The summed E-state index contributed by atoms with van der Waals surface area (Å²) in [7, 11) is 0. The number of hydrogen-bond acceptors (Lipinski definition) is 7. The molecule has 25 heavy (non-hydrogen) atoms. The zero-order valence-corrected chi connectivity index (χ0v) is 13.7. The molecule has 0 atom stereocenters. The highest BCUT2D eigenvalue weighted by molar-refractivity contribution is 7.14. The standard InChI is InChI=1S/C16H11FN2O5S/c1-2-23-15(22)11-7-25-16(18-11)19-13(20)12-6-8-5-9(17)3-4-10(8)14(21)24-12/h3-7H,2H2,1H3,(H,18,19,20). The number of nitrogens with zero attached hydrogens (tertiary/aromatic N) is 1. The van der Waals surface area contributed by atoms with Crippen LogP contribution in [0.2, 0.25) is 0 Å². The molecule has 0 spiro atoms. The van der Waals surface area contributed by atoms with Gasteiger partial charge >= 0.3 is 11.6 Å². The Kier molecular flexibility index (Phi) is 4.57. The maximum Gasteiger partial charge on any atom is 0.357 e. The summed E-state index contributed by atoms with van der Waals surface area (Å²) < 4.78 is 23.1. The molecular weight excluding hydrogens is 351 g/mol. The Bertz CT molecular complexity index is 1030. The van der Waals surface area contributed by atoms with E-state index in [0.717, 1.165) is 23.5 Å². The van der Waals surface area contributed by atoms with Gasteiger partial charge in [-0.25, -0.2) is 19.0 Å². The highest BCUT2D eigenvalue weighted by atomic mass is 32.1. The number of thiazole rings is 1. The number of halogens is 1. The van der Waals surface area contributed by atoms with E-state index in [4.69, 9.17) is 9.15 Å². The number of nitrogens with one attached hydrogen (secondary N) is 1. The van der Waals surface area contributed by atoms with Crippen molar-refractivity contribution in [2.45, 2.75) is 6.92 Å². The molecule has 0 aliphatic heterocycles. The number of fused-ring (bicyclic) bond motifs is 1. The zero-order chi connectivity index (χ0) is 18.0. The molecule has 3 aromatic rings. The molecule has 9 heteroatoms. The molecule has 1 N–H and O–H groups in total. The van der Waals surface area contributed by atoms with E-state index in [1.165, 1.54) is 17.5 Å². The molecule has 0 saturated heterocycles. The normalized spacial score (nSPS) is 10.6. The van der Waals surface area contributed by atoms with Crippen LogP contribution in [-0.2, 0) is 4.74 Å². The Hall–Kier alpha value is -3.07. The molecule has 2 heterocycles. The SMILES string of the molecule is CCOC(=O)c1csc(NC(=O)c2cc3cc(F)ccc3c(=O)o2)n1. The lowest BCUT2D eigenvalue weighted by atomic mass is 10.1. The van der Waals surface area contributed by atoms with Gasteiger partial charge in [-0.2, -0.15) is 0 Å². The van der Waals surface area contributed by atoms with Crippen molar-refractivity contribution in [3.8, 4) is 0 Å². The third-order valence-electron chi connectivity index (χ3n) is 3.16. The van der Waals surface area contributed by atoms with Crippen LogP contribution in [0.5, 0.6) is 0 Å². The van der Waals surface area contributed by atoms with E-state index < -0.39 is 23.3 Å². The second kappa shape index (κ2) is 6.81. The van der Waals surface area contributed by atoms with Crippen molar-refractivity contribution in [2.24, 2.45) is 0 Å². The quantitative estimate of drug-likeness (QED) is 0.717. The first-order valence-corrected chi connectivity index (χ1v) is 8.03. The van der Waals surface area contributed by atoms with Crippen LogP contribution in [0.4, 0.5) is 9.52 Å². The number of benzene rings is 1. The Morgan fingerprint density at radius 2 is 2.16 bits per heavy atom. The van der Waals surface area contributed by atoms with Crippen molar-refractivity contribution in [2.75, 3.05) is 11.9 Å². The number of anilines is 1. The number of carbonyl (C=O) groups excluding carboxylic acids is 2. The number of ether oxygens (including phenoxy) is 1. The van der Waals surface area contributed by atoms with Gasteiger partial charge < -0.3 is 9.15 Å². The van der Waals surface area contributed by atoms with Gasteiger partial charge in [0.05, 0.1) is 12.0 Å². The monoisotopic (exact) mass is 362 g/mol. The van der Waals surface area contributed by atoms with Gasteiger partial charge in [0, 0.05) is 5.38 Å². The summed E-state index contributed by atoms with van der Waals surface area (Å²) in [5.74, 6) is -2.18. The minimum atomic E-state index is -0.756. The van der Waals surface area contributed by atoms with Crippen LogP contribution in [0.15, 0.2) is 38.9 Å². The first-order valence-electron chi connectivity index (χ1n) is 7.15. The molecule has 128 valence electrons. The van der Waals surface area contributed by atoms with Crippen LogP contribution in [0.1, 0.15) is 28.0 Å². The van der Waals surface area contributed by atoms with E-state index in [1.807, 2.05) is 0 Å². The van der Waals surface area contributed by atoms with Crippen molar-refractivity contribution in [3.63, 3.8) is 0 Å². The summed E-state index contributed by atoms with van der Waals surface area (Å²) in [5, 5.41) is 4.39. The summed E-state index contributed by atoms with van der Waals surface area (Å²) >= 11 is 1.01. The minimum absolute atomic E-state index is 0.0594. The van der Waals surface area contributed by atoms with Crippen molar-refractivity contribution >= 4 is 39.1 Å². The number of esters is 1. The zero-order valence-electron chi connectivity index (χ0n) is 12.9. The van der Waals surface area contributed by atoms with Gasteiger partial charge in [0.15, 0.2) is 16.6 Å². The molecule has 0 radical (unpaired) electrons.